The van der Waals surface area contributed by atoms with Crippen molar-refractivity contribution in [1.29, 1.82) is 0 Å². The van der Waals surface area contributed by atoms with Crippen molar-refractivity contribution in [2.45, 2.75) is 32.7 Å². The summed E-state index contributed by atoms with van der Waals surface area (Å²) in [6.45, 7) is 3.31. The van der Waals surface area contributed by atoms with E-state index < -0.39 is 24.3 Å². The van der Waals surface area contributed by atoms with Gasteiger partial charge in [0.05, 0.1) is 6.42 Å². The molecule has 0 aromatic heterocycles. The van der Waals surface area contributed by atoms with E-state index >= 15 is 0 Å². The van der Waals surface area contributed by atoms with Crippen LogP contribution in [0.25, 0.3) is 0 Å². The number of benzene rings is 1. The summed E-state index contributed by atoms with van der Waals surface area (Å²) in [5.41, 5.74) is 0.444. The van der Waals surface area contributed by atoms with Gasteiger partial charge in [0.15, 0.2) is 0 Å². The van der Waals surface area contributed by atoms with Gasteiger partial charge in [0.2, 0.25) is 5.91 Å². The SMILES string of the molecule is CC(C)[C@@H](NC(=O)Cc1ccc(OC(F)(F)F)cc1)C(=O)O. The number of amides is 1. The number of hydrogen-bond donors (Lipinski definition) is 2. The maximum atomic E-state index is 12.0. The molecule has 1 aromatic carbocycles. The molecule has 0 unspecified atom stereocenters. The minimum absolute atomic E-state index is 0.136. The van der Waals surface area contributed by atoms with Crippen molar-refractivity contribution in [1.82, 2.24) is 5.32 Å². The Kier molecular flexibility index (Phi) is 5.78. The van der Waals surface area contributed by atoms with Gasteiger partial charge in [0.1, 0.15) is 11.8 Å². The first-order chi connectivity index (χ1) is 10.1. The molecule has 1 rings (SSSR count). The highest BCUT2D eigenvalue weighted by molar-refractivity contribution is 5.85. The molecular formula is C14H16F3NO4. The fourth-order valence-electron chi connectivity index (χ4n) is 1.73. The molecule has 1 amide bonds. The Morgan fingerprint density at radius 2 is 1.77 bits per heavy atom. The molecular weight excluding hydrogens is 303 g/mol. The van der Waals surface area contributed by atoms with Crippen LogP contribution in [0.5, 0.6) is 5.75 Å². The summed E-state index contributed by atoms with van der Waals surface area (Å²) in [4.78, 5) is 22.7. The Morgan fingerprint density at radius 1 is 1.23 bits per heavy atom. The normalized spacial score (nSPS) is 12.8. The Morgan fingerprint density at radius 3 is 2.18 bits per heavy atom. The summed E-state index contributed by atoms with van der Waals surface area (Å²) in [6, 6.07) is 3.79. The second-order valence-corrected chi connectivity index (χ2v) is 5.00. The molecule has 0 saturated carbocycles. The van der Waals surface area contributed by atoms with Gasteiger partial charge in [-0.05, 0) is 23.6 Å². The Balaban J connectivity index is 2.63. The fraction of sp³-hybridized carbons (Fsp3) is 0.429. The third-order valence-electron chi connectivity index (χ3n) is 2.77. The number of carboxylic acids is 1. The van der Waals surface area contributed by atoms with Crippen molar-refractivity contribution in [3.63, 3.8) is 0 Å². The molecule has 0 fully saturated rings. The van der Waals surface area contributed by atoms with Crippen molar-refractivity contribution in [3.05, 3.63) is 29.8 Å². The van der Waals surface area contributed by atoms with E-state index in [0.717, 1.165) is 12.1 Å². The molecule has 2 N–H and O–H groups in total. The van der Waals surface area contributed by atoms with E-state index in [1.165, 1.54) is 12.1 Å². The van der Waals surface area contributed by atoms with Crippen LogP contribution in [0.1, 0.15) is 19.4 Å². The number of nitrogens with one attached hydrogen (secondary N) is 1. The van der Waals surface area contributed by atoms with E-state index in [2.05, 4.69) is 10.1 Å². The first-order valence-electron chi connectivity index (χ1n) is 6.45. The average molecular weight is 319 g/mol. The molecule has 5 nitrogen and oxygen atoms in total. The molecule has 0 aliphatic carbocycles. The molecule has 0 spiro atoms. The highest BCUT2D eigenvalue weighted by Gasteiger charge is 2.31. The van der Waals surface area contributed by atoms with E-state index in [-0.39, 0.29) is 18.1 Å². The maximum absolute atomic E-state index is 12.0. The minimum atomic E-state index is -4.77. The van der Waals surface area contributed by atoms with Crippen LogP contribution in [0.15, 0.2) is 24.3 Å². The van der Waals surface area contributed by atoms with Crippen molar-refractivity contribution in [2.24, 2.45) is 5.92 Å². The molecule has 1 atom stereocenters. The van der Waals surface area contributed by atoms with Crippen LogP contribution in [-0.4, -0.2) is 29.4 Å². The zero-order valence-electron chi connectivity index (χ0n) is 12.0. The number of aliphatic carboxylic acids is 1. The Labute approximate surface area is 125 Å². The fourth-order valence-corrected chi connectivity index (χ4v) is 1.73. The highest BCUT2D eigenvalue weighted by Crippen LogP contribution is 2.22. The van der Waals surface area contributed by atoms with Crippen molar-refractivity contribution in [2.75, 3.05) is 0 Å². The molecule has 22 heavy (non-hydrogen) atoms. The van der Waals surface area contributed by atoms with Crippen LogP contribution in [0.4, 0.5) is 13.2 Å². The predicted molar refractivity (Wildman–Crippen MR) is 71.2 cm³/mol. The third kappa shape index (κ3) is 6.02. The second-order valence-electron chi connectivity index (χ2n) is 5.00. The molecule has 122 valence electrons. The van der Waals surface area contributed by atoms with E-state index in [0.29, 0.717) is 5.56 Å². The molecule has 0 heterocycles. The quantitative estimate of drug-likeness (QED) is 0.844. The summed E-state index contributed by atoms with van der Waals surface area (Å²) in [5, 5.41) is 11.3. The predicted octanol–water partition coefficient (Wildman–Crippen LogP) is 2.35. The molecule has 8 heteroatoms. The van der Waals surface area contributed by atoms with Gasteiger partial charge in [-0.15, -0.1) is 13.2 Å². The summed E-state index contributed by atoms with van der Waals surface area (Å²) >= 11 is 0. The number of alkyl halides is 3. The second kappa shape index (κ2) is 7.15. The number of hydrogen-bond acceptors (Lipinski definition) is 3. The molecule has 1 aromatic rings. The van der Waals surface area contributed by atoms with Crippen LogP contribution >= 0.6 is 0 Å². The minimum Gasteiger partial charge on any atom is -0.480 e. The van der Waals surface area contributed by atoms with E-state index in [9.17, 15) is 22.8 Å². The third-order valence-corrected chi connectivity index (χ3v) is 2.77. The van der Waals surface area contributed by atoms with Crippen LogP contribution in [-0.2, 0) is 16.0 Å². The van der Waals surface area contributed by atoms with Gasteiger partial charge >= 0.3 is 12.3 Å². The van der Waals surface area contributed by atoms with Crippen LogP contribution in [0.3, 0.4) is 0 Å². The summed E-state index contributed by atoms with van der Waals surface area (Å²) in [6.07, 6.45) is -4.91. The number of ether oxygens (including phenoxy) is 1. The molecule has 0 aliphatic rings. The van der Waals surface area contributed by atoms with E-state index in [4.69, 9.17) is 5.11 Å². The van der Waals surface area contributed by atoms with Gasteiger partial charge in [-0.25, -0.2) is 4.79 Å². The van der Waals surface area contributed by atoms with Crippen LogP contribution in [0.2, 0.25) is 0 Å². The number of rotatable bonds is 6. The maximum Gasteiger partial charge on any atom is 0.573 e. The van der Waals surface area contributed by atoms with Crippen molar-refractivity contribution in [3.8, 4) is 5.75 Å². The van der Waals surface area contributed by atoms with Crippen LogP contribution < -0.4 is 10.1 Å². The van der Waals surface area contributed by atoms with Gasteiger partial charge < -0.3 is 15.2 Å². The van der Waals surface area contributed by atoms with Crippen molar-refractivity contribution >= 4 is 11.9 Å². The van der Waals surface area contributed by atoms with Gasteiger partial charge in [-0.2, -0.15) is 0 Å². The standard InChI is InChI=1S/C14H16F3NO4/c1-8(2)12(13(20)21)18-11(19)7-9-3-5-10(6-4-9)22-14(15,16)17/h3-6,8,12H,7H2,1-2H3,(H,18,19)(H,20,21)/t12-/m1/s1. The number of carbonyl (C=O) groups is 2. The number of halogens is 3. The first-order valence-corrected chi connectivity index (χ1v) is 6.45. The largest absolute Gasteiger partial charge is 0.573 e. The lowest BCUT2D eigenvalue weighted by Crippen LogP contribution is -2.44. The smallest absolute Gasteiger partial charge is 0.480 e. The highest BCUT2D eigenvalue weighted by atomic mass is 19.4. The molecule has 0 saturated heterocycles. The summed E-state index contributed by atoms with van der Waals surface area (Å²) in [5.74, 6) is -2.34. The Bertz CT molecular complexity index is 526. The van der Waals surface area contributed by atoms with Gasteiger partial charge in [-0.3, -0.25) is 4.79 Å². The van der Waals surface area contributed by atoms with E-state index in [1.54, 1.807) is 13.8 Å². The van der Waals surface area contributed by atoms with Crippen LogP contribution in [0, 0.1) is 5.92 Å². The molecule has 0 radical (unpaired) electrons. The monoisotopic (exact) mass is 319 g/mol. The lowest BCUT2D eigenvalue weighted by atomic mass is 10.0. The van der Waals surface area contributed by atoms with Gasteiger partial charge in [0, 0.05) is 0 Å². The lowest BCUT2D eigenvalue weighted by molar-refractivity contribution is -0.274. The average Bonchev–Trinajstić information content (AvgIpc) is 2.36. The zero-order valence-corrected chi connectivity index (χ0v) is 12.0. The van der Waals surface area contributed by atoms with E-state index in [1.807, 2.05) is 0 Å². The number of carboxylic acid groups (broad SMARTS) is 1. The lowest BCUT2D eigenvalue weighted by Gasteiger charge is -2.17. The Hall–Kier alpha value is -2.25. The molecule has 0 aliphatic heterocycles. The van der Waals surface area contributed by atoms with Gasteiger partial charge in [0.25, 0.3) is 0 Å². The first kappa shape index (κ1) is 17.8. The summed E-state index contributed by atoms with van der Waals surface area (Å²) in [7, 11) is 0. The van der Waals surface area contributed by atoms with Gasteiger partial charge in [-0.1, -0.05) is 26.0 Å². The summed E-state index contributed by atoms with van der Waals surface area (Å²) < 4.78 is 39.7. The topological polar surface area (TPSA) is 75.6 Å². The number of carbonyl (C=O) groups excluding carboxylic acids is 1. The zero-order chi connectivity index (χ0) is 16.9. The van der Waals surface area contributed by atoms with Crippen molar-refractivity contribution < 1.29 is 32.6 Å². The molecule has 0 bridgehead atoms.